The third-order valence-electron chi connectivity index (χ3n) is 4.24. The third kappa shape index (κ3) is 3.06. The molecule has 1 fully saturated rings. The number of hydrazine groups is 1. The standard InChI is InChI=1S/C14H24N4/c1-3-11-4-6-12(7-5-11)14(18-15)13-8-9-16-10(2)17-13/h8-9,11-12,14,18H,3-7,15H2,1-2H3. The number of aromatic nitrogens is 2. The lowest BCUT2D eigenvalue weighted by atomic mass is 9.77. The molecular weight excluding hydrogens is 224 g/mol. The van der Waals surface area contributed by atoms with E-state index in [1.54, 1.807) is 0 Å². The molecule has 1 unspecified atom stereocenters. The Morgan fingerprint density at radius 3 is 2.67 bits per heavy atom. The minimum Gasteiger partial charge on any atom is -0.271 e. The van der Waals surface area contributed by atoms with Crippen LogP contribution < -0.4 is 11.3 Å². The molecule has 1 heterocycles. The third-order valence-corrected chi connectivity index (χ3v) is 4.24. The van der Waals surface area contributed by atoms with Crippen molar-refractivity contribution in [1.29, 1.82) is 0 Å². The summed E-state index contributed by atoms with van der Waals surface area (Å²) in [6, 6.07) is 2.15. The first-order chi connectivity index (χ1) is 8.74. The van der Waals surface area contributed by atoms with Crippen molar-refractivity contribution in [2.45, 2.75) is 52.0 Å². The number of aryl methyl sites for hydroxylation is 1. The van der Waals surface area contributed by atoms with Crippen LogP contribution in [0.2, 0.25) is 0 Å². The Hall–Kier alpha value is -1.00. The van der Waals surface area contributed by atoms with E-state index in [2.05, 4.69) is 22.3 Å². The highest BCUT2D eigenvalue weighted by atomic mass is 15.2. The van der Waals surface area contributed by atoms with Crippen LogP contribution in [0.4, 0.5) is 0 Å². The van der Waals surface area contributed by atoms with Gasteiger partial charge >= 0.3 is 0 Å². The second kappa shape index (κ2) is 6.25. The summed E-state index contributed by atoms with van der Waals surface area (Å²) in [6.07, 6.45) is 8.26. The van der Waals surface area contributed by atoms with Gasteiger partial charge in [-0.05, 0) is 37.7 Å². The highest BCUT2D eigenvalue weighted by Gasteiger charge is 2.28. The summed E-state index contributed by atoms with van der Waals surface area (Å²) in [6.45, 7) is 4.21. The summed E-state index contributed by atoms with van der Waals surface area (Å²) in [5, 5.41) is 0. The van der Waals surface area contributed by atoms with Crippen LogP contribution in [0.5, 0.6) is 0 Å². The Bertz CT molecular complexity index is 372. The van der Waals surface area contributed by atoms with Crippen molar-refractivity contribution in [3.05, 3.63) is 23.8 Å². The lowest BCUT2D eigenvalue weighted by Gasteiger charge is -2.33. The van der Waals surface area contributed by atoms with Gasteiger partial charge < -0.3 is 0 Å². The Balaban J connectivity index is 2.05. The zero-order chi connectivity index (χ0) is 13.0. The molecule has 1 aromatic heterocycles. The Morgan fingerprint density at radius 2 is 2.11 bits per heavy atom. The molecule has 18 heavy (non-hydrogen) atoms. The van der Waals surface area contributed by atoms with Crippen LogP contribution in [-0.4, -0.2) is 9.97 Å². The second-order valence-electron chi connectivity index (χ2n) is 5.36. The molecule has 1 aliphatic rings. The molecular formula is C14H24N4. The Kier molecular flexibility index (Phi) is 4.66. The molecule has 0 amide bonds. The highest BCUT2D eigenvalue weighted by Crippen LogP contribution is 2.36. The topological polar surface area (TPSA) is 63.8 Å². The van der Waals surface area contributed by atoms with Crippen molar-refractivity contribution >= 4 is 0 Å². The molecule has 4 nitrogen and oxygen atoms in total. The van der Waals surface area contributed by atoms with Gasteiger partial charge in [-0.2, -0.15) is 0 Å². The molecule has 1 atom stereocenters. The van der Waals surface area contributed by atoms with Crippen molar-refractivity contribution in [2.75, 3.05) is 0 Å². The molecule has 4 heteroatoms. The molecule has 1 aromatic rings. The molecule has 100 valence electrons. The van der Waals surface area contributed by atoms with Crippen LogP contribution >= 0.6 is 0 Å². The van der Waals surface area contributed by atoms with Gasteiger partial charge in [-0.15, -0.1) is 0 Å². The first kappa shape index (κ1) is 13.4. The number of nitrogens with zero attached hydrogens (tertiary/aromatic N) is 2. The normalized spacial score (nSPS) is 25.9. The van der Waals surface area contributed by atoms with E-state index in [0.29, 0.717) is 5.92 Å². The van der Waals surface area contributed by atoms with Gasteiger partial charge in [-0.3, -0.25) is 11.3 Å². The smallest absolute Gasteiger partial charge is 0.125 e. The number of rotatable bonds is 4. The summed E-state index contributed by atoms with van der Waals surface area (Å²) in [4.78, 5) is 8.65. The van der Waals surface area contributed by atoms with Crippen LogP contribution in [0.3, 0.4) is 0 Å². The predicted octanol–water partition coefficient (Wildman–Crippen LogP) is 2.51. The molecule has 0 saturated heterocycles. The van der Waals surface area contributed by atoms with Crippen LogP contribution in [0.1, 0.15) is 56.6 Å². The van der Waals surface area contributed by atoms with Gasteiger partial charge in [0.25, 0.3) is 0 Å². The van der Waals surface area contributed by atoms with Gasteiger partial charge in [0.05, 0.1) is 11.7 Å². The van der Waals surface area contributed by atoms with Crippen LogP contribution in [-0.2, 0) is 0 Å². The molecule has 2 rings (SSSR count). The van der Waals surface area contributed by atoms with E-state index < -0.39 is 0 Å². The predicted molar refractivity (Wildman–Crippen MR) is 72.6 cm³/mol. The monoisotopic (exact) mass is 248 g/mol. The van der Waals surface area contributed by atoms with Crippen LogP contribution in [0.15, 0.2) is 12.3 Å². The van der Waals surface area contributed by atoms with Crippen LogP contribution in [0.25, 0.3) is 0 Å². The maximum Gasteiger partial charge on any atom is 0.125 e. The zero-order valence-electron chi connectivity index (χ0n) is 11.4. The lowest BCUT2D eigenvalue weighted by molar-refractivity contribution is 0.217. The van der Waals surface area contributed by atoms with Crippen molar-refractivity contribution in [1.82, 2.24) is 15.4 Å². The minimum absolute atomic E-state index is 0.171. The number of hydrogen-bond acceptors (Lipinski definition) is 4. The molecule has 3 N–H and O–H groups in total. The van der Waals surface area contributed by atoms with Gasteiger partial charge in [0, 0.05) is 6.20 Å². The van der Waals surface area contributed by atoms with E-state index in [9.17, 15) is 0 Å². The van der Waals surface area contributed by atoms with Crippen molar-refractivity contribution in [3.63, 3.8) is 0 Å². The first-order valence-corrected chi connectivity index (χ1v) is 7.00. The van der Waals surface area contributed by atoms with Crippen molar-refractivity contribution in [3.8, 4) is 0 Å². The summed E-state index contributed by atoms with van der Waals surface area (Å²) in [5.41, 5.74) is 3.99. The molecule has 0 aromatic carbocycles. The number of hydrogen-bond donors (Lipinski definition) is 2. The van der Waals surface area contributed by atoms with Gasteiger partial charge in [-0.25, -0.2) is 9.97 Å². The van der Waals surface area contributed by atoms with Crippen molar-refractivity contribution < 1.29 is 0 Å². The van der Waals surface area contributed by atoms with E-state index in [1.807, 2.05) is 19.2 Å². The average Bonchev–Trinajstić information content (AvgIpc) is 2.40. The molecule has 1 saturated carbocycles. The largest absolute Gasteiger partial charge is 0.271 e. The van der Waals surface area contributed by atoms with E-state index in [4.69, 9.17) is 5.84 Å². The van der Waals surface area contributed by atoms with Gasteiger partial charge in [0.15, 0.2) is 0 Å². The van der Waals surface area contributed by atoms with Gasteiger partial charge in [0.1, 0.15) is 5.82 Å². The molecule has 0 radical (unpaired) electrons. The SMILES string of the molecule is CCC1CCC(C(NN)c2ccnc(C)n2)CC1. The summed E-state index contributed by atoms with van der Waals surface area (Å²) in [5.74, 6) is 8.07. The average molecular weight is 248 g/mol. The van der Waals surface area contributed by atoms with Crippen molar-refractivity contribution in [2.24, 2.45) is 17.7 Å². The number of nitrogens with one attached hydrogen (secondary N) is 1. The zero-order valence-corrected chi connectivity index (χ0v) is 11.4. The first-order valence-electron chi connectivity index (χ1n) is 7.00. The van der Waals surface area contributed by atoms with E-state index in [-0.39, 0.29) is 6.04 Å². The molecule has 0 bridgehead atoms. The highest BCUT2D eigenvalue weighted by molar-refractivity contribution is 5.09. The fourth-order valence-electron chi connectivity index (χ4n) is 3.04. The minimum atomic E-state index is 0.171. The lowest BCUT2D eigenvalue weighted by Crippen LogP contribution is -2.36. The molecule has 0 spiro atoms. The second-order valence-corrected chi connectivity index (χ2v) is 5.36. The fraction of sp³-hybridized carbons (Fsp3) is 0.714. The van der Waals surface area contributed by atoms with E-state index >= 15 is 0 Å². The summed E-state index contributed by atoms with van der Waals surface area (Å²) >= 11 is 0. The van der Waals surface area contributed by atoms with Gasteiger partial charge in [-0.1, -0.05) is 26.2 Å². The maximum absolute atomic E-state index is 5.74. The summed E-state index contributed by atoms with van der Waals surface area (Å²) < 4.78 is 0. The maximum atomic E-state index is 5.74. The molecule has 1 aliphatic carbocycles. The Morgan fingerprint density at radius 1 is 1.39 bits per heavy atom. The molecule has 0 aliphatic heterocycles. The summed E-state index contributed by atoms with van der Waals surface area (Å²) in [7, 11) is 0. The number of nitrogens with two attached hydrogens (primary N) is 1. The van der Waals surface area contributed by atoms with E-state index in [1.165, 1.54) is 32.1 Å². The quantitative estimate of drug-likeness (QED) is 0.635. The Labute approximate surface area is 109 Å². The fourth-order valence-corrected chi connectivity index (χ4v) is 3.04. The van der Waals surface area contributed by atoms with E-state index in [0.717, 1.165) is 17.4 Å². The van der Waals surface area contributed by atoms with Gasteiger partial charge in [0.2, 0.25) is 0 Å². The van der Waals surface area contributed by atoms with Crippen LogP contribution in [0, 0.1) is 18.8 Å².